The Balaban J connectivity index is 0.000000217. The first-order chi connectivity index (χ1) is 39.2. The van der Waals surface area contributed by atoms with Gasteiger partial charge in [0.1, 0.15) is 42.5 Å². The molecule has 4 bridgehead atoms. The van der Waals surface area contributed by atoms with Crippen molar-refractivity contribution in [1.29, 1.82) is 0 Å². The second-order valence-corrected chi connectivity index (χ2v) is 36.2. The second-order valence-electron chi connectivity index (χ2n) is 25.0. The molecule has 2 aliphatic carbocycles. The molecule has 2 saturated heterocycles. The first-order valence-electron chi connectivity index (χ1n) is 29.2. The molecule has 82 heavy (non-hydrogen) atoms. The van der Waals surface area contributed by atoms with Crippen LogP contribution in [-0.4, -0.2) is 133 Å². The molecule has 23 heteroatoms. The van der Waals surface area contributed by atoms with Crippen molar-refractivity contribution in [3.63, 3.8) is 0 Å². The number of hydrogen-bond acceptors (Lipinski definition) is 15. The molecule has 440 valence electrons. The Labute approximate surface area is 483 Å². The third-order valence-corrected chi connectivity index (χ3v) is 19.7. The normalized spacial score (nSPS) is 20.3. The number of nitrogens with zero attached hydrogens (tertiary/aromatic N) is 9. The van der Waals surface area contributed by atoms with E-state index in [1.807, 2.05) is 29.8 Å². The van der Waals surface area contributed by atoms with Gasteiger partial charge in [0.2, 0.25) is 0 Å². The average Bonchev–Trinajstić information content (AvgIpc) is 4.40. The zero-order valence-electron chi connectivity index (χ0n) is 49.7. The summed E-state index contributed by atoms with van der Waals surface area (Å²) >= 11 is 0. The SMILES string of the molecule is C=C(OCC)c1c(C2C[C@H]3CC[C@@H](C2)C3)nc2c(-c3ccc(NC(=O)NC)nc3)cnn2c1N(COCC[Si](C)(C)C)COCC[Si](C)(C)C.CNC(=O)Nc1ccc(-c2cnn3c(N)c(C(C)=O)c(C4C[C@H]5CC[C@@H](C4)N5)nc23)cn1. The number of rotatable bonds is 21. The maximum absolute atomic E-state index is 12.6. The summed E-state index contributed by atoms with van der Waals surface area (Å²) < 4.78 is 22.6. The van der Waals surface area contributed by atoms with Gasteiger partial charge in [-0.1, -0.05) is 58.7 Å². The average molecular weight is 1160 g/mol. The topological polar surface area (TPSA) is 254 Å². The maximum atomic E-state index is 12.6. The van der Waals surface area contributed by atoms with Crippen molar-refractivity contribution < 1.29 is 28.6 Å². The molecule has 7 N–H and O–H groups in total. The summed E-state index contributed by atoms with van der Waals surface area (Å²) in [4.78, 5) is 57.4. The molecule has 6 aromatic rings. The van der Waals surface area contributed by atoms with Crippen LogP contribution in [0.15, 0.2) is 55.6 Å². The Hall–Kier alpha value is -6.80. The summed E-state index contributed by atoms with van der Waals surface area (Å²) in [6.45, 7) is 24.8. The number of pyridine rings is 2. The highest BCUT2D eigenvalue weighted by Gasteiger charge is 2.40. The number of ether oxygens (including phenoxy) is 3. The Bertz CT molecular complexity index is 3200. The number of hydrogen-bond donors (Lipinski definition) is 6. The van der Waals surface area contributed by atoms with Crippen LogP contribution in [0.2, 0.25) is 51.4 Å². The van der Waals surface area contributed by atoms with E-state index in [2.05, 4.69) is 92.4 Å². The Morgan fingerprint density at radius 3 is 1.65 bits per heavy atom. The Kier molecular flexibility index (Phi) is 18.8. The minimum absolute atomic E-state index is 0.0962. The molecule has 4 fully saturated rings. The van der Waals surface area contributed by atoms with E-state index in [0.29, 0.717) is 91.6 Å². The van der Waals surface area contributed by atoms with Gasteiger partial charge in [0.25, 0.3) is 0 Å². The third-order valence-electron chi connectivity index (χ3n) is 16.3. The first-order valence-corrected chi connectivity index (χ1v) is 36.6. The van der Waals surface area contributed by atoms with E-state index >= 15 is 0 Å². The number of nitrogens with one attached hydrogen (secondary N) is 5. The number of carbonyl (C=O) groups is 3. The predicted octanol–water partition coefficient (Wildman–Crippen LogP) is 10.6. The van der Waals surface area contributed by atoms with E-state index in [-0.39, 0.29) is 29.7 Å². The molecule has 0 aromatic carbocycles. The number of Topliss-reactive ketones (excluding diaryl/α,β-unsaturated/α-hetero) is 1. The minimum atomic E-state index is -1.30. The van der Waals surface area contributed by atoms with Crippen LogP contribution in [0, 0.1) is 11.8 Å². The molecule has 21 nitrogen and oxygen atoms in total. The van der Waals surface area contributed by atoms with Crippen LogP contribution < -0.4 is 37.2 Å². The molecule has 2 unspecified atom stereocenters. The van der Waals surface area contributed by atoms with Crippen LogP contribution in [0.4, 0.5) is 32.9 Å². The van der Waals surface area contributed by atoms with Crippen molar-refractivity contribution in [3.05, 3.63) is 78.1 Å². The number of fused-ring (bicyclic) bond motifs is 6. The van der Waals surface area contributed by atoms with E-state index in [1.54, 1.807) is 44.8 Å². The fraction of sp³-hybridized carbons (Fsp3) is 0.542. The molecule has 2 saturated carbocycles. The molecule has 10 rings (SSSR count). The highest BCUT2D eigenvalue weighted by Crippen LogP contribution is 2.50. The summed E-state index contributed by atoms with van der Waals surface area (Å²) in [5.74, 6) is 4.44. The molecular formula is C59H85N15O6Si2. The number of urea groups is 2. The van der Waals surface area contributed by atoms with E-state index < -0.39 is 16.1 Å². The van der Waals surface area contributed by atoms with E-state index in [9.17, 15) is 14.4 Å². The number of ketones is 1. The van der Waals surface area contributed by atoms with Gasteiger partial charge < -0.3 is 40.8 Å². The number of piperidine rings is 1. The molecule has 4 amide bonds. The number of nitrogen functional groups attached to an aromatic ring is 1. The lowest BCUT2D eigenvalue weighted by Gasteiger charge is -2.33. The standard InChI is InChI=1S/C37H59N7O4Si2.C22H26N8O2/c1-10-48-26(2)33-34(30-20-27-11-12-28(19-27)21-30)42-35-31(29-13-14-32(39-22-29)41-37(45)38-3)23-40-44(35)36(33)43(24-46-15-17-49(4,5)6)25-47-16-18-50(7,8)9;1-11(31)18-19(13-7-14-4-5-15(8-13)27-14)29-21-16(10-26-30(21)20(18)23)12-3-6-17(25-9-12)28-22(32)24-2/h13-14,22-23,27-28,30H,2,10-12,15-21,24-25H2,1,3-9H3,(H2,38,39,41,45);3,6,9-10,13-15,27H,4-5,7-8,23H2,1-2H3,(H2,24,25,28,32)/t27-,28+,30?;13?,14-,15+. The molecule has 6 aromatic heterocycles. The second kappa shape index (κ2) is 25.8. The third kappa shape index (κ3) is 14.2. The van der Waals surface area contributed by atoms with Crippen LogP contribution in [0.1, 0.15) is 111 Å². The van der Waals surface area contributed by atoms with Crippen LogP contribution in [-0.2, 0) is 14.2 Å². The smallest absolute Gasteiger partial charge is 0.320 e. The zero-order chi connectivity index (χ0) is 58.5. The zero-order valence-corrected chi connectivity index (χ0v) is 51.7. The fourth-order valence-electron chi connectivity index (χ4n) is 12.1. The van der Waals surface area contributed by atoms with Crippen LogP contribution in [0.25, 0.3) is 39.3 Å². The van der Waals surface area contributed by atoms with Crippen molar-refractivity contribution in [2.75, 3.05) is 68.6 Å². The summed E-state index contributed by atoms with van der Waals surface area (Å²) in [6.07, 6.45) is 17.3. The Morgan fingerprint density at radius 1 is 0.695 bits per heavy atom. The van der Waals surface area contributed by atoms with E-state index in [0.717, 1.165) is 101 Å². The van der Waals surface area contributed by atoms with Gasteiger partial charge in [-0.05, 0) is 107 Å². The number of nitrogens with two attached hydrogens (primary N) is 1. The molecular weight excluding hydrogens is 1070 g/mol. The van der Waals surface area contributed by atoms with Crippen LogP contribution >= 0.6 is 0 Å². The van der Waals surface area contributed by atoms with Gasteiger partial charge in [-0.25, -0.2) is 29.5 Å². The van der Waals surface area contributed by atoms with Crippen molar-refractivity contribution in [2.45, 2.75) is 147 Å². The predicted molar refractivity (Wildman–Crippen MR) is 329 cm³/mol. The van der Waals surface area contributed by atoms with Crippen molar-refractivity contribution >= 4 is 74.3 Å². The van der Waals surface area contributed by atoms with Crippen molar-refractivity contribution in [1.82, 2.24) is 55.1 Å². The highest BCUT2D eigenvalue weighted by atomic mass is 28.3. The first kappa shape index (κ1) is 59.8. The van der Waals surface area contributed by atoms with Gasteiger partial charge in [-0.15, -0.1) is 0 Å². The molecule has 2 aliphatic heterocycles. The van der Waals surface area contributed by atoms with Gasteiger partial charge in [0, 0.05) is 102 Å². The quantitative estimate of drug-likeness (QED) is 0.0129. The van der Waals surface area contributed by atoms with Crippen LogP contribution in [0.3, 0.4) is 0 Å². The van der Waals surface area contributed by atoms with Crippen molar-refractivity contribution in [3.8, 4) is 22.3 Å². The van der Waals surface area contributed by atoms with Gasteiger partial charge in [0.15, 0.2) is 17.1 Å². The van der Waals surface area contributed by atoms with Gasteiger partial charge >= 0.3 is 12.1 Å². The molecule has 0 radical (unpaired) electrons. The number of anilines is 4. The fourth-order valence-corrected chi connectivity index (χ4v) is 13.6. The summed E-state index contributed by atoms with van der Waals surface area (Å²) in [7, 11) is 0.525. The van der Waals surface area contributed by atoms with Crippen molar-refractivity contribution in [2.24, 2.45) is 11.8 Å². The summed E-state index contributed by atoms with van der Waals surface area (Å²) in [5.41, 5.74) is 14.2. The Morgan fingerprint density at radius 2 is 1.18 bits per heavy atom. The monoisotopic (exact) mass is 1160 g/mol. The lowest BCUT2D eigenvalue weighted by atomic mass is 9.78. The minimum Gasteiger partial charge on any atom is -0.494 e. The van der Waals surface area contributed by atoms with Gasteiger partial charge in [-0.2, -0.15) is 19.2 Å². The summed E-state index contributed by atoms with van der Waals surface area (Å²) in [5, 5.41) is 23.5. The van der Waals surface area contributed by atoms with Crippen LogP contribution in [0.5, 0.6) is 0 Å². The number of amides is 4. The summed E-state index contributed by atoms with van der Waals surface area (Å²) in [6, 6.07) is 9.71. The molecule has 4 aliphatic rings. The van der Waals surface area contributed by atoms with Gasteiger partial charge in [-0.3, -0.25) is 15.4 Å². The molecule has 0 spiro atoms. The van der Waals surface area contributed by atoms with E-state index in [4.69, 9.17) is 35.0 Å². The van der Waals surface area contributed by atoms with Gasteiger partial charge in [0.05, 0.1) is 41.5 Å². The highest BCUT2D eigenvalue weighted by molar-refractivity contribution is 6.76. The van der Waals surface area contributed by atoms with E-state index in [1.165, 1.54) is 30.7 Å². The largest absolute Gasteiger partial charge is 0.494 e. The number of carbonyl (C=O) groups excluding carboxylic acids is 3. The number of aromatic nitrogens is 8. The lowest BCUT2D eigenvalue weighted by molar-refractivity contribution is 0.0940. The molecule has 6 atom stereocenters. The lowest BCUT2D eigenvalue weighted by Crippen LogP contribution is -2.38. The maximum Gasteiger partial charge on any atom is 0.320 e. The molecule has 8 heterocycles.